The van der Waals surface area contributed by atoms with Crippen LogP contribution in [-0.2, 0) is 13.1 Å². The van der Waals surface area contributed by atoms with Crippen LogP contribution in [0.25, 0.3) is 0 Å². The number of nitrogens with zero attached hydrogens (tertiary/aromatic N) is 4. The smallest absolute Gasteiger partial charge is 0.194 e. The number of likely N-dealkylation sites (tertiary alicyclic amines) is 3. The number of guanidine groups is 1. The molecule has 0 bridgehead atoms. The van der Waals surface area contributed by atoms with Crippen molar-refractivity contribution in [3.63, 3.8) is 0 Å². The van der Waals surface area contributed by atoms with Gasteiger partial charge < -0.3 is 20.2 Å². The zero-order chi connectivity index (χ0) is 22.2. The van der Waals surface area contributed by atoms with E-state index in [1.54, 1.807) is 0 Å². The summed E-state index contributed by atoms with van der Waals surface area (Å²) >= 11 is 0. The second-order valence-corrected chi connectivity index (χ2v) is 9.96. The van der Waals surface area contributed by atoms with Gasteiger partial charge in [-0.3, -0.25) is 4.90 Å². The zero-order valence-electron chi connectivity index (χ0n) is 20.0. The van der Waals surface area contributed by atoms with E-state index in [1.807, 2.05) is 0 Å². The Morgan fingerprint density at radius 2 is 1.66 bits per heavy atom. The van der Waals surface area contributed by atoms with Crippen molar-refractivity contribution in [3.05, 3.63) is 35.4 Å². The quantitative estimate of drug-likeness (QED) is 0.503. The number of hydrogen-bond donors (Lipinski definition) is 2. The Kier molecular flexibility index (Phi) is 8.83. The lowest BCUT2D eigenvalue weighted by Crippen LogP contribution is -2.41. The molecular formula is C26H43N5O. The van der Waals surface area contributed by atoms with Crippen molar-refractivity contribution in [1.82, 2.24) is 20.0 Å². The molecule has 32 heavy (non-hydrogen) atoms. The number of piperidine rings is 2. The molecule has 0 saturated carbocycles. The van der Waals surface area contributed by atoms with Crippen LogP contribution >= 0.6 is 0 Å². The van der Waals surface area contributed by atoms with Crippen molar-refractivity contribution in [2.45, 2.75) is 64.6 Å². The Morgan fingerprint density at radius 3 is 2.38 bits per heavy atom. The van der Waals surface area contributed by atoms with Gasteiger partial charge in [-0.1, -0.05) is 30.7 Å². The molecule has 6 nitrogen and oxygen atoms in total. The van der Waals surface area contributed by atoms with E-state index in [0.717, 1.165) is 70.5 Å². The molecule has 3 heterocycles. The van der Waals surface area contributed by atoms with Gasteiger partial charge in [0.25, 0.3) is 0 Å². The molecule has 3 fully saturated rings. The number of rotatable bonds is 7. The fourth-order valence-electron chi connectivity index (χ4n) is 5.36. The van der Waals surface area contributed by atoms with Crippen LogP contribution in [0.4, 0.5) is 0 Å². The number of hydrogen-bond acceptors (Lipinski definition) is 4. The molecule has 0 aromatic heterocycles. The Morgan fingerprint density at radius 1 is 0.938 bits per heavy atom. The van der Waals surface area contributed by atoms with Crippen molar-refractivity contribution in [3.8, 4) is 0 Å². The van der Waals surface area contributed by atoms with Gasteiger partial charge in [-0.05, 0) is 69.2 Å². The van der Waals surface area contributed by atoms with Gasteiger partial charge in [-0.15, -0.1) is 0 Å². The van der Waals surface area contributed by atoms with Crippen molar-refractivity contribution < 1.29 is 5.11 Å². The molecule has 1 aromatic rings. The van der Waals surface area contributed by atoms with Crippen molar-refractivity contribution in [2.24, 2.45) is 10.9 Å². The molecule has 3 aliphatic rings. The minimum absolute atomic E-state index is 0.104. The van der Waals surface area contributed by atoms with Gasteiger partial charge in [-0.25, -0.2) is 4.99 Å². The molecule has 178 valence electrons. The van der Waals surface area contributed by atoms with Crippen LogP contribution < -0.4 is 5.32 Å². The monoisotopic (exact) mass is 441 g/mol. The van der Waals surface area contributed by atoms with Gasteiger partial charge in [0.2, 0.25) is 0 Å². The second kappa shape index (κ2) is 12.0. The van der Waals surface area contributed by atoms with Crippen molar-refractivity contribution in [2.75, 3.05) is 52.4 Å². The summed E-state index contributed by atoms with van der Waals surface area (Å²) in [6.07, 6.45) is 7.14. The summed E-state index contributed by atoms with van der Waals surface area (Å²) < 4.78 is 0. The highest BCUT2D eigenvalue weighted by molar-refractivity contribution is 5.80. The first-order valence-electron chi connectivity index (χ1n) is 12.9. The molecule has 0 radical (unpaired) electrons. The molecule has 1 atom stereocenters. The van der Waals surface area contributed by atoms with E-state index in [4.69, 9.17) is 4.99 Å². The maximum atomic E-state index is 9.69. The van der Waals surface area contributed by atoms with Crippen LogP contribution in [0.15, 0.2) is 29.3 Å². The summed E-state index contributed by atoms with van der Waals surface area (Å²) in [6, 6.07) is 8.94. The van der Waals surface area contributed by atoms with Crippen LogP contribution in [0, 0.1) is 5.92 Å². The lowest BCUT2D eigenvalue weighted by Gasteiger charge is -2.29. The lowest BCUT2D eigenvalue weighted by molar-refractivity contribution is 0.0792. The van der Waals surface area contributed by atoms with Gasteiger partial charge >= 0.3 is 0 Å². The van der Waals surface area contributed by atoms with Crippen LogP contribution in [0.2, 0.25) is 0 Å². The summed E-state index contributed by atoms with van der Waals surface area (Å²) in [5, 5.41) is 13.2. The van der Waals surface area contributed by atoms with Crippen LogP contribution in [-0.4, -0.2) is 84.2 Å². The Labute approximate surface area is 194 Å². The maximum absolute atomic E-state index is 9.69. The number of aliphatic imine (C=N–C) groups is 1. The minimum Gasteiger partial charge on any atom is -0.393 e. The van der Waals surface area contributed by atoms with E-state index in [-0.39, 0.29) is 6.10 Å². The third-order valence-electron chi connectivity index (χ3n) is 7.28. The summed E-state index contributed by atoms with van der Waals surface area (Å²) in [7, 11) is 0. The van der Waals surface area contributed by atoms with E-state index in [1.165, 1.54) is 56.4 Å². The number of nitrogens with one attached hydrogen (secondary N) is 1. The molecule has 0 aliphatic carbocycles. The average Bonchev–Trinajstić information content (AvgIpc) is 3.28. The SMILES string of the molecule is CCNC(=NCc1ccc(CN2CCC(O)CC2)cc1)N1CCC(CN2CCCCC2)C1. The molecule has 0 amide bonds. The summed E-state index contributed by atoms with van der Waals surface area (Å²) in [6.45, 7) is 12.9. The molecule has 3 saturated heterocycles. The zero-order valence-corrected chi connectivity index (χ0v) is 20.0. The van der Waals surface area contributed by atoms with E-state index >= 15 is 0 Å². The number of aliphatic hydroxyl groups excluding tert-OH is 1. The standard InChI is InChI=1S/C26H43N5O/c1-2-27-26(31-17-10-24(21-31)20-29-13-4-3-5-14-29)28-18-22-6-8-23(9-7-22)19-30-15-11-25(32)12-16-30/h6-9,24-25,32H,2-5,10-21H2,1H3,(H,27,28). The first-order valence-corrected chi connectivity index (χ1v) is 12.9. The highest BCUT2D eigenvalue weighted by Gasteiger charge is 2.27. The van der Waals surface area contributed by atoms with E-state index < -0.39 is 0 Å². The summed E-state index contributed by atoms with van der Waals surface area (Å²) in [4.78, 5) is 12.6. The Hall–Kier alpha value is -1.63. The summed E-state index contributed by atoms with van der Waals surface area (Å²) in [5.41, 5.74) is 2.61. The molecule has 6 heteroatoms. The highest BCUT2D eigenvalue weighted by Crippen LogP contribution is 2.20. The molecule has 0 spiro atoms. The fourth-order valence-corrected chi connectivity index (χ4v) is 5.36. The van der Waals surface area contributed by atoms with Gasteiger partial charge in [0.15, 0.2) is 5.96 Å². The fraction of sp³-hybridized carbons (Fsp3) is 0.731. The molecule has 4 rings (SSSR count). The molecule has 3 aliphatic heterocycles. The van der Waals surface area contributed by atoms with E-state index in [2.05, 4.69) is 51.2 Å². The van der Waals surface area contributed by atoms with Crippen molar-refractivity contribution >= 4 is 5.96 Å². The molecule has 1 unspecified atom stereocenters. The molecular weight excluding hydrogens is 398 g/mol. The molecule has 1 aromatic carbocycles. The van der Waals surface area contributed by atoms with E-state index in [0.29, 0.717) is 0 Å². The summed E-state index contributed by atoms with van der Waals surface area (Å²) in [5.74, 6) is 1.84. The Bertz CT molecular complexity index is 707. The normalized spacial score (nSPS) is 24.2. The van der Waals surface area contributed by atoms with Crippen molar-refractivity contribution in [1.29, 1.82) is 0 Å². The predicted molar refractivity (Wildman–Crippen MR) is 132 cm³/mol. The average molecular weight is 442 g/mol. The first-order chi connectivity index (χ1) is 15.7. The van der Waals surface area contributed by atoms with Crippen LogP contribution in [0.3, 0.4) is 0 Å². The Balaban J connectivity index is 1.27. The van der Waals surface area contributed by atoms with Crippen LogP contribution in [0.1, 0.15) is 56.6 Å². The second-order valence-electron chi connectivity index (χ2n) is 9.96. The third-order valence-corrected chi connectivity index (χ3v) is 7.28. The van der Waals surface area contributed by atoms with Gasteiger partial charge in [0.05, 0.1) is 12.6 Å². The van der Waals surface area contributed by atoms with E-state index in [9.17, 15) is 5.11 Å². The third kappa shape index (κ3) is 6.93. The van der Waals surface area contributed by atoms with Gasteiger partial charge in [0.1, 0.15) is 0 Å². The minimum atomic E-state index is -0.104. The van der Waals surface area contributed by atoms with Gasteiger partial charge in [0, 0.05) is 45.8 Å². The maximum Gasteiger partial charge on any atom is 0.194 e. The molecule has 2 N–H and O–H groups in total. The van der Waals surface area contributed by atoms with Gasteiger partial charge in [-0.2, -0.15) is 0 Å². The number of aliphatic hydroxyl groups is 1. The highest BCUT2D eigenvalue weighted by atomic mass is 16.3. The number of benzene rings is 1. The largest absolute Gasteiger partial charge is 0.393 e. The topological polar surface area (TPSA) is 54.3 Å². The predicted octanol–water partition coefficient (Wildman–Crippen LogP) is 2.92. The lowest BCUT2D eigenvalue weighted by atomic mass is 10.1. The van der Waals surface area contributed by atoms with Crippen LogP contribution in [0.5, 0.6) is 0 Å². The first kappa shape index (κ1) is 23.5.